The van der Waals surface area contributed by atoms with Gasteiger partial charge in [0, 0.05) is 18.5 Å². The van der Waals surface area contributed by atoms with E-state index in [-0.39, 0.29) is 43.0 Å². The van der Waals surface area contributed by atoms with Crippen LogP contribution in [0, 0.1) is 11.7 Å². The Morgan fingerprint density at radius 2 is 2.00 bits per heavy atom. The van der Waals surface area contributed by atoms with E-state index in [9.17, 15) is 18.8 Å². The van der Waals surface area contributed by atoms with Crippen molar-refractivity contribution in [1.29, 1.82) is 0 Å². The van der Waals surface area contributed by atoms with Crippen molar-refractivity contribution in [1.82, 2.24) is 4.90 Å². The highest BCUT2D eigenvalue weighted by atomic mass is 19.1. The first-order chi connectivity index (χ1) is 12.5. The Labute approximate surface area is 152 Å². The third-order valence-electron chi connectivity index (χ3n) is 4.62. The Morgan fingerprint density at radius 3 is 2.65 bits per heavy atom. The van der Waals surface area contributed by atoms with Gasteiger partial charge in [0.05, 0.1) is 13.7 Å². The maximum atomic E-state index is 14.0. The molecule has 0 spiro atoms. The first-order valence-electron chi connectivity index (χ1n) is 8.72. The number of methoxy groups -OCH3 is 1. The van der Waals surface area contributed by atoms with Gasteiger partial charge in [0.25, 0.3) is 0 Å². The van der Waals surface area contributed by atoms with Crippen molar-refractivity contribution in [3.63, 3.8) is 0 Å². The second-order valence-corrected chi connectivity index (χ2v) is 6.28. The lowest BCUT2D eigenvalue weighted by atomic mass is 9.84. The molecule has 26 heavy (non-hydrogen) atoms. The van der Waals surface area contributed by atoms with Crippen LogP contribution in [-0.4, -0.2) is 49.0 Å². The second-order valence-electron chi connectivity index (χ2n) is 6.28. The molecule has 1 aromatic rings. The van der Waals surface area contributed by atoms with Gasteiger partial charge in [0.15, 0.2) is 0 Å². The van der Waals surface area contributed by atoms with Crippen LogP contribution in [0.5, 0.6) is 0 Å². The van der Waals surface area contributed by atoms with Crippen molar-refractivity contribution in [2.45, 2.75) is 38.6 Å². The number of piperidine rings is 1. The molecule has 6 nitrogen and oxygen atoms in total. The molecule has 1 aliphatic heterocycles. The van der Waals surface area contributed by atoms with E-state index >= 15 is 0 Å². The second kappa shape index (κ2) is 9.31. The average Bonchev–Trinajstić information content (AvgIpc) is 2.63. The van der Waals surface area contributed by atoms with E-state index in [4.69, 9.17) is 9.47 Å². The Balaban J connectivity index is 2.11. The largest absolute Gasteiger partial charge is 0.466 e. The number of ether oxygens (including phenoxy) is 2. The summed E-state index contributed by atoms with van der Waals surface area (Å²) in [7, 11) is 1.29. The van der Waals surface area contributed by atoms with Crippen LogP contribution in [0.3, 0.4) is 0 Å². The molecule has 0 aliphatic carbocycles. The van der Waals surface area contributed by atoms with Crippen molar-refractivity contribution < 1.29 is 28.2 Å². The van der Waals surface area contributed by atoms with Gasteiger partial charge in [-0.25, -0.2) is 9.18 Å². The number of carbonyl (C=O) groups is 3. The number of nitrogens with zero attached hydrogens (tertiary/aromatic N) is 1. The fourth-order valence-electron chi connectivity index (χ4n) is 3.31. The van der Waals surface area contributed by atoms with Crippen LogP contribution in [0.15, 0.2) is 24.3 Å². The number of hydrogen-bond donors (Lipinski definition) is 0. The summed E-state index contributed by atoms with van der Waals surface area (Å²) >= 11 is 0. The lowest BCUT2D eigenvalue weighted by Gasteiger charge is -2.38. The summed E-state index contributed by atoms with van der Waals surface area (Å²) < 4.78 is 23.6. The summed E-state index contributed by atoms with van der Waals surface area (Å²) in [4.78, 5) is 37.5. The van der Waals surface area contributed by atoms with Crippen LogP contribution >= 0.6 is 0 Å². The summed E-state index contributed by atoms with van der Waals surface area (Å²) in [6.45, 7) is 2.23. The molecule has 1 aromatic carbocycles. The van der Waals surface area contributed by atoms with Gasteiger partial charge in [0.2, 0.25) is 0 Å². The fourth-order valence-corrected chi connectivity index (χ4v) is 3.31. The maximum Gasteiger partial charge on any atom is 0.409 e. The van der Waals surface area contributed by atoms with Crippen molar-refractivity contribution in [2.24, 2.45) is 5.92 Å². The molecule has 1 heterocycles. The van der Waals surface area contributed by atoms with Crippen LogP contribution in [0.2, 0.25) is 0 Å². The van der Waals surface area contributed by atoms with E-state index in [0.29, 0.717) is 24.9 Å². The van der Waals surface area contributed by atoms with E-state index < -0.39 is 12.1 Å². The SMILES string of the molecule is CCOC(=O)CC(=O)[C@H]1CCN(C(=O)OC)[C@H](Cc2ccccc2F)C1. The first-order valence-corrected chi connectivity index (χ1v) is 8.72. The van der Waals surface area contributed by atoms with E-state index in [0.717, 1.165) is 0 Å². The van der Waals surface area contributed by atoms with Crippen LogP contribution in [0.4, 0.5) is 9.18 Å². The van der Waals surface area contributed by atoms with Gasteiger partial charge in [-0.1, -0.05) is 18.2 Å². The molecule has 0 radical (unpaired) electrons. The molecule has 0 aromatic heterocycles. The number of rotatable bonds is 6. The molecule has 0 saturated carbocycles. The zero-order valence-electron chi connectivity index (χ0n) is 15.1. The van der Waals surface area contributed by atoms with Gasteiger partial charge in [0.1, 0.15) is 18.0 Å². The molecule has 1 aliphatic rings. The minimum absolute atomic E-state index is 0.202. The molecule has 2 rings (SSSR count). The molecular weight excluding hydrogens is 341 g/mol. The molecule has 142 valence electrons. The zero-order chi connectivity index (χ0) is 19.1. The summed E-state index contributed by atoms with van der Waals surface area (Å²) in [6, 6.07) is 5.99. The normalized spacial score (nSPS) is 19.7. The van der Waals surface area contributed by atoms with Gasteiger partial charge < -0.3 is 14.4 Å². The molecule has 0 bridgehead atoms. The molecular formula is C19H24FNO5. The number of likely N-dealkylation sites (tertiary alicyclic amines) is 1. The van der Waals surface area contributed by atoms with Crippen LogP contribution < -0.4 is 0 Å². The lowest BCUT2D eigenvalue weighted by molar-refractivity contribution is -0.146. The third kappa shape index (κ3) is 5.03. The van der Waals surface area contributed by atoms with E-state index in [2.05, 4.69) is 0 Å². The highest BCUT2D eigenvalue weighted by Crippen LogP contribution is 2.28. The van der Waals surface area contributed by atoms with Gasteiger partial charge in [-0.15, -0.1) is 0 Å². The van der Waals surface area contributed by atoms with Crippen LogP contribution in [0.25, 0.3) is 0 Å². The third-order valence-corrected chi connectivity index (χ3v) is 4.62. The number of Topliss-reactive ketones (excluding diaryl/α,β-unsaturated/α-hetero) is 1. The Morgan fingerprint density at radius 1 is 1.27 bits per heavy atom. The highest BCUT2D eigenvalue weighted by Gasteiger charge is 2.36. The molecule has 1 amide bonds. The number of esters is 1. The summed E-state index contributed by atoms with van der Waals surface area (Å²) in [6.07, 6.45) is 0.319. The Hall–Kier alpha value is -2.44. The number of amides is 1. The predicted molar refractivity (Wildman–Crippen MR) is 92.0 cm³/mol. The van der Waals surface area contributed by atoms with Crippen molar-refractivity contribution in [3.8, 4) is 0 Å². The van der Waals surface area contributed by atoms with Crippen LogP contribution in [-0.2, 0) is 25.5 Å². The molecule has 0 N–H and O–H groups in total. The molecule has 0 unspecified atom stereocenters. The number of hydrogen-bond acceptors (Lipinski definition) is 5. The monoisotopic (exact) mass is 365 g/mol. The summed E-state index contributed by atoms with van der Waals surface area (Å²) in [5.41, 5.74) is 0.477. The molecule has 1 fully saturated rings. The number of ketones is 1. The summed E-state index contributed by atoms with van der Waals surface area (Å²) in [5, 5.41) is 0. The maximum absolute atomic E-state index is 14.0. The lowest BCUT2D eigenvalue weighted by Crippen LogP contribution is -2.48. The Kier molecular flexibility index (Phi) is 7.12. The quantitative estimate of drug-likeness (QED) is 0.572. The number of benzene rings is 1. The van der Waals surface area contributed by atoms with Gasteiger partial charge in [-0.3, -0.25) is 9.59 Å². The smallest absolute Gasteiger partial charge is 0.409 e. The van der Waals surface area contributed by atoms with Gasteiger partial charge in [-0.2, -0.15) is 0 Å². The van der Waals surface area contributed by atoms with Gasteiger partial charge >= 0.3 is 12.1 Å². The zero-order valence-corrected chi connectivity index (χ0v) is 15.1. The Bertz CT molecular complexity index is 663. The standard InChI is InChI=1S/C19H24FNO5/c1-3-26-18(23)12-17(22)14-8-9-21(19(24)25-2)15(11-14)10-13-6-4-5-7-16(13)20/h4-7,14-15H,3,8-12H2,1-2H3/t14-,15+/m0/s1. The molecule has 2 atom stereocenters. The highest BCUT2D eigenvalue weighted by molar-refractivity contribution is 5.96. The van der Waals surface area contributed by atoms with Crippen molar-refractivity contribution in [2.75, 3.05) is 20.3 Å². The van der Waals surface area contributed by atoms with Crippen LogP contribution in [0.1, 0.15) is 31.7 Å². The van der Waals surface area contributed by atoms with E-state index in [1.54, 1.807) is 25.1 Å². The topological polar surface area (TPSA) is 72.9 Å². The fraction of sp³-hybridized carbons (Fsp3) is 0.526. The predicted octanol–water partition coefficient (Wildman–Crippen LogP) is 2.74. The molecule has 1 saturated heterocycles. The number of carbonyl (C=O) groups excluding carboxylic acids is 3. The first kappa shape index (κ1) is 19.9. The minimum Gasteiger partial charge on any atom is -0.466 e. The van der Waals surface area contributed by atoms with Gasteiger partial charge in [-0.05, 0) is 37.8 Å². The number of halogens is 1. The van der Waals surface area contributed by atoms with Crippen molar-refractivity contribution >= 4 is 17.8 Å². The van der Waals surface area contributed by atoms with E-state index in [1.165, 1.54) is 18.1 Å². The summed E-state index contributed by atoms with van der Waals surface area (Å²) in [5.74, 6) is -1.46. The minimum atomic E-state index is -0.543. The molecule has 7 heteroatoms. The van der Waals surface area contributed by atoms with Crippen molar-refractivity contribution in [3.05, 3.63) is 35.6 Å². The van der Waals surface area contributed by atoms with E-state index in [1.807, 2.05) is 0 Å². The average molecular weight is 365 g/mol.